The number of aliphatic hydroxyl groups is 1. The lowest BCUT2D eigenvalue weighted by molar-refractivity contribution is -0.152. The number of hydrogen-bond donors (Lipinski definition) is 1. The summed E-state index contributed by atoms with van der Waals surface area (Å²) >= 11 is 0. The Labute approximate surface area is 95.7 Å². The van der Waals surface area contributed by atoms with Gasteiger partial charge in [-0.25, -0.2) is 0 Å². The minimum Gasteiger partial charge on any atom is -0.386 e. The van der Waals surface area contributed by atoms with Gasteiger partial charge in [0.25, 0.3) is 0 Å². The fourth-order valence-corrected chi connectivity index (χ4v) is 2.01. The van der Waals surface area contributed by atoms with Crippen molar-refractivity contribution in [2.75, 3.05) is 13.1 Å². The van der Waals surface area contributed by atoms with Gasteiger partial charge in [-0.1, -0.05) is 30.3 Å². The first-order chi connectivity index (χ1) is 7.57. The van der Waals surface area contributed by atoms with E-state index in [1.165, 1.54) is 5.56 Å². The summed E-state index contributed by atoms with van der Waals surface area (Å²) in [6, 6.07) is 9.99. The van der Waals surface area contributed by atoms with Crippen molar-refractivity contribution in [1.82, 2.24) is 4.90 Å². The van der Waals surface area contributed by atoms with Gasteiger partial charge in [-0.2, -0.15) is 0 Å². The summed E-state index contributed by atoms with van der Waals surface area (Å²) in [6.07, 6.45) is 1.30. The average molecular weight is 219 g/mol. The number of hydrogen-bond acceptors (Lipinski definition) is 2. The zero-order valence-electron chi connectivity index (χ0n) is 9.52. The molecule has 1 fully saturated rings. The van der Waals surface area contributed by atoms with Crippen LogP contribution in [0.15, 0.2) is 30.3 Å². The van der Waals surface area contributed by atoms with Crippen LogP contribution in [0.3, 0.4) is 0 Å². The summed E-state index contributed by atoms with van der Waals surface area (Å²) in [5.41, 5.74) is 0.519. The molecule has 1 aliphatic rings. The predicted molar refractivity (Wildman–Crippen MR) is 62.0 cm³/mol. The first-order valence-corrected chi connectivity index (χ1v) is 5.61. The Morgan fingerprint density at radius 1 is 1.38 bits per heavy atom. The van der Waals surface area contributed by atoms with E-state index in [9.17, 15) is 9.90 Å². The monoisotopic (exact) mass is 219 g/mol. The van der Waals surface area contributed by atoms with E-state index in [1.54, 1.807) is 11.8 Å². The number of amides is 1. The molecule has 3 nitrogen and oxygen atoms in total. The Balaban J connectivity index is 1.77. The second-order valence-corrected chi connectivity index (χ2v) is 4.73. The Morgan fingerprint density at radius 3 is 2.56 bits per heavy atom. The van der Waals surface area contributed by atoms with Crippen LogP contribution in [0, 0.1) is 0 Å². The van der Waals surface area contributed by atoms with Crippen molar-refractivity contribution < 1.29 is 9.90 Å². The smallest absolute Gasteiger partial charge is 0.223 e. The summed E-state index contributed by atoms with van der Waals surface area (Å²) < 4.78 is 0. The third-order valence-electron chi connectivity index (χ3n) is 2.89. The molecule has 0 bridgehead atoms. The highest BCUT2D eigenvalue weighted by Crippen LogP contribution is 2.20. The van der Waals surface area contributed by atoms with Gasteiger partial charge >= 0.3 is 0 Å². The molecule has 1 aromatic carbocycles. The molecule has 1 N–H and O–H groups in total. The number of benzene rings is 1. The zero-order valence-corrected chi connectivity index (χ0v) is 9.52. The zero-order chi connectivity index (χ0) is 11.6. The molecule has 2 rings (SSSR count). The van der Waals surface area contributed by atoms with Gasteiger partial charge in [0, 0.05) is 6.42 Å². The molecular formula is C13H17NO2. The standard InChI is InChI=1S/C13H17NO2/c1-13(16)9-14(10-13)12(15)8-7-11-5-3-2-4-6-11/h2-6,16H,7-10H2,1H3. The van der Waals surface area contributed by atoms with Crippen molar-refractivity contribution in [3.05, 3.63) is 35.9 Å². The van der Waals surface area contributed by atoms with Crippen molar-refractivity contribution in [3.63, 3.8) is 0 Å². The molecule has 1 aromatic rings. The second-order valence-electron chi connectivity index (χ2n) is 4.73. The number of nitrogens with zero attached hydrogens (tertiary/aromatic N) is 1. The lowest BCUT2D eigenvalue weighted by Crippen LogP contribution is -2.61. The van der Waals surface area contributed by atoms with Gasteiger partial charge in [0.15, 0.2) is 0 Å². The highest BCUT2D eigenvalue weighted by atomic mass is 16.3. The lowest BCUT2D eigenvalue weighted by atomic mass is 9.96. The van der Waals surface area contributed by atoms with Gasteiger partial charge in [0.2, 0.25) is 5.91 Å². The van der Waals surface area contributed by atoms with E-state index >= 15 is 0 Å². The molecular weight excluding hydrogens is 202 g/mol. The van der Waals surface area contributed by atoms with Crippen molar-refractivity contribution in [2.24, 2.45) is 0 Å². The van der Waals surface area contributed by atoms with Crippen molar-refractivity contribution in [2.45, 2.75) is 25.4 Å². The fraction of sp³-hybridized carbons (Fsp3) is 0.462. The van der Waals surface area contributed by atoms with E-state index in [1.807, 2.05) is 30.3 Å². The molecule has 3 heteroatoms. The maximum atomic E-state index is 11.7. The number of rotatable bonds is 3. The van der Waals surface area contributed by atoms with Gasteiger partial charge in [0.1, 0.15) is 0 Å². The van der Waals surface area contributed by atoms with Crippen LogP contribution in [0.5, 0.6) is 0 Å². The third kappa shape index (κ3) is 2.61. The molecule has 1 aliphatic heterocycles. The van der Waals surface area contributed by atoms with Crippen LogP contribution in [0.25, 0.3) is 0 Å². The van der Waals surface area contributed by atoms with E-state index < -0.39 is 5.60 Å². The molecule has 0 atom stereocenters. The van der Waals surface area contributed by atoms with Crippen molar-refractivity contribution in [1.29, 1.82) is 0 Å². The Bertz CT molecular complexity index is 365. The molecule has 0 radical (unpaired) electrons. The molecule has 1 heterocycles. The summed E-state index contributed by atoms with van der Waals surface area (Å²) in [7, 11) is 0. The normalized spacial score (nSPS) is 18.0. The molecule has 16 heavy (non-hydrogen) atoms. The molecule has 1 amide bonds. The maximum Gasteiger partial charge on any atom is 0.223 e. The van der Waals surface area contributed by atoms with Gasteiger partial charge in [-0.05, 0) is 18.9 Å². The lowest BCUT2D eigenvalue weighted by Gasteiger charge is -2.44. The average Bonchev–Trinajstić information content (AvgIpc) is 2.24. The molecule has 1 saturated heterocycles. The van der Waals surface area contributed by atoms with Crippen LogP contribution in [0.1, 0.15) is 18.9 Å². The summed E-state index contributed by atoms with van der Waals surface area (Å²) in [4.78, 5) is 13.4. The van der Waals surface area contributed by atoms with Crippen LogP contribution in [-0.2, 0) is 11.2 Å². The Kier molecular flexibility index (Phi) is 2.97. The summed E-state index contributed by atoms with van der Waals surface area (Å²) in [6.45, 7) is 2.70. The third-order valence-corrected chi connectivity index (χ3v) is 2.89. The van der Waals surface area contributed by atoms with E-state index in [-0.39, 0.29) is 5.91 Å². The minimum atomic E-state index is -0.664. The van der Waals surface area contributed by atoms with Crippen LogP contribution in [0.4, 0.5) is 0 Å². The van der Waals surface area contributed by atoms with E-state index in [2.05, 4.69) is 0 Å². The van der Waals surface area contributed by atoms with Crippen molar-refractivity contribution >= 4 is 5.91 Å². The van der Waals surface area contributed by atoms with Gasteiger partial charge < -0.3 is 10.0 Å². The highest BCUT2D eigenvalue weighted by Gasteiger charge is 2.38. The first-order valence-electron chi connectivity index (χ1n) is 5.61. The summed E-state index contributed by atoms with van der Waals surface area (Å²) in [5, 5.41) is 9.52. The quantitative estimate of drug-likeness (QED) is 0.830. The fourth-order valence-electron chi connectivity index (χ4n) is 2.01. The number of carbonyl (C=O) groups excluding carboxylic acids is 1. The van der Waals surface area contributed by atoms with Gasteiger partial charge in [0.05, 0.1) is 18.7 Å². The van der Waals surface area contributed by atoms with Gasteiger partial charge in [-0.3, -0.25) is 4.79 Å². The van der Waals surface area contributed by atoms with Crippen molar-refractivity contribution in [3.8, 4) is 0 Å². The molecule has 0 aliphatic carbocycles. The Hall–Kier alpha value is -1.35. The SMILES string of the molecule is CC1(O)CN(C(=O)CCc2ccccc2)C1. The van der Waals surface area contributed by atoms with E-state index in [0.29, 0.717) is 19.5 Å². The predicted octanol–water partition coefficient (Wildman–Crippen LogP) is 1.21. The number of β-amino-alcohol motifs (C(OH)–C–C–N with tert-alkyl or cyclic N) is 1. The van der Waals surface area contributed by atoms with Crippen LogP contribution in [-0.4, -0.2) is 34.6 Å². The molecule has 0 unspecified atom stereocenters. The van der Waals surface area contributed by atoms with Gasteiger partial charge in [-0.15, -0.1) is 0 Å². The van der Waals surface area contributed by atoms with Crippen LogP contribution < -0.4 is 0 Å². The second kappa shape index (κ2) is 4.26. The molecule has 0 aromatic heterocycles. The maximum absolute atomic E-state index is 11.7. The van der Waals surface area contributed by atoms with E-state index in [4.69, 9.17) is 0 Å². The number of aryl methyl sites for hydroxylation is 1. The number of carbonyl (C=O) groups is 1. The highest BCUT2D eigenvalue weighted by molar-refractivity contribution is 5.77. The molecule has 0 spiro atoms. The number of likely N-dealkylation sites (tertiary alicyclic amines) is 1. The molecule has 0 saturated carbocycles. The minimum absolute atomic E-state index is 0.135. The summed E-state index contributed by atoms with van der Waals surface area (Å²) in [5.74, 6) is 0.135. The molecule has 86 valence electrons. The topological polar surface area (TPSA) is 40.5 Å². The largest absolute Gasteiger partial charge is 0.386 e. The van der Waals surface area contributed by atoms with Crippen LogP contribution >= 0.6 is 0 Å². The Morgan fingerprint density at radius 2 is 2.00 bits per heavy atom. The van der Waals surface area contributed by atoms with E-state index in [0.717, 1.165) is 6.42 Å². The first kappa shape index (κ1) is 11.1. The van der Waals surface area contributed by atoms with Crippen LogP contribution in [0.2, 0.25) is 0 Å².